The molecule has 2 rings (SSSR count). The highest BCUT2D eigenvalue weighted by Crippen LogP contribution is 2.15. The summed E-state index contributed by atoms with van der Waals surface area (Å²) in [5, 5.41) is 4.74. The molecule has 0 bridgehead atoms. The molecule has 1 saturated heterocycles. The van der Waals surface area contributed by atoms with E-state index in [0.29, 0.717) is 4.88 Å². The molecular formula is C14H20N2O2S. The zero-order chi connectivity index (χ0) is 13.8. The number of carbonyl (C=O) groups is 2. The Kier molecular flexibility index (Phi) is 4.58. The molecule has 19 heavy (non-hydrogen) atoms. The van der Waals surface area contributed by atoms with Crippen LogP contribution in [0.4, 0.5) is 0 Å². The number of nitrogens with one attached hydrogen (secondary N) is 1. The van der Waals surface area contributed by atoms with Gasteiger partial charge in [0, 0.05) is 13.1 Å². The summed E-state index contributed by atoms with van der Waals surface area (Å²) in [6.07, 6.45) is 2.13. The lowest BCUT2D eigenvalue weighted by Crippen LogP contribution is -2.50. The van der Waals surface area contributed by atoms with Crippen LogP contribution in [0.1, 0.15) is 36.4 Å². The van der Waals surface area contributed by atoms with E-state index in [9.17, 15) is 9.59 Å². The predicted octanol–water partition coefficient (Wildman–Crippen LogP) is 2.12. The summed E-state index contributed by atoms with van der Waals surface area (Å²) >= 11 is 1.39. The largest absolute Gasteiger partial charge is 0.341 e. The molecule has 1 atom stereocenters. The van der Waals surface area contributed by atoms with E-state index >= 15 is 0 Å². The molecular weight excluding hydrogens is 260 g/mol. The highest BCUT2D eigenvalue weighted by molar-refractivity contribution is 7.12. The van der Waals surface area contributed by atoms with Crippen molar-refractivity contribution >= 4 is 23.2 Å². The van der Waals surface area contributed by atoms with E-state index in [1.54, 1.807) is 6.07 Å². The van der Waals surface area contributed by atoms with Crippen molar-refractivity contribution in [3.63, 3.8) is 0 Å². The maximum atomic E-state index is 12.4. The van der Waals surface area contributed by atoms with E-state index in [1.165, 1.54) is 11.3 Å². The first-order chi connectivity index (χ1) is 9.09. The van der Waals surface area contributed by atoms with Gasteiger partial charge in [0.15, 0.2) is 0 Å². The zero-order valence-electron chi connectivity index (χ0n) is 11.4. The second-order valence-corrected chi connectivity index (χ2v) is 6.15. The molecule has 5 heteroatoms. The van der Waals surface area contributed by atoms with Gasteiger partial charge in [-0.2, -0.15) is 0 Å². The number of hydrogen-bond acceptors (Lipinski definition) is 3. The van der Waals surface area contributed by atoms with Crippen molar-refractivity contribution in [2.45, 2.75) is 32.7 Å². The maximum absolute atomic E-state index is 12.4. The quantitative estimate of drug-likeness (QED) is 0.918. The Morgan fingerprint density at radius 1 is 1.32 bits per heavy atom. The standard InChI is InChI=1S/C14H20N2O2S/c1-10(2)12(14(18)16-7-3-4-8-16)15-13(17)11-6-5-9-19-11/h5-6,9-10,12H,3-4,7-8H2,1-2H3,(H,15,17)/t12-/m1/s1. The number of amides is 2. The Hall–Kier alpha value is -1.36. The highest BCUT2D eigenvalue weighted by Gasteiger charge is 2.30. The first kappa shape index (κ1) is 14.1. The van der Waals surface area contributed by atoms with Gasteiger partial charge in [-0.25, -0.2) is 0 Å². The van der Waals surface area contributed by atoms with E-state index < -0.39 is 6.04 Å². The molecule has 0 spiro atoms. The summed E-state index contributed by atoms with van der Waals surface area (Å²) in [5.74, 6) is -0.00401. The SMILES string of the molecule is CC(C)[C@@H](NC(=O)c1cccs1)C(=O)N1CCCC1. The van der Waals surface area contributed by atoms with Crippen molar-refractivity contribution in [3.05, 3.63) is 22.4 Å². The first-order valence-electron chi connectivity index (χ1n) is 6.72. The summed E-state index contributed by atoms with van der Waals surface area (Å²) in [7, 11) is 0. The zero-order valence-corrected chi connectivity index (χ0v) is 12.2. The first-order valence-corrected chi connectivity index (χ1v) is 7.60. The number of carbonyl (C=O) groups excluding carboxylic acids is 2. The Bertz CT molecular complexity index is 436. The van der Waals surface area contributed by atoms with Gasteiger partial charge in [-0.15, -0.1) is 11.3 Å². The van der Waals surface area contributed by atoms with E-state index in [4.69, 9.17) is 0 Å². The van der Waals surface area contributed by atoms with Gasteiger partial charge in [0.1, 0.15) is 6.04 Å². The minimum atomic E-state index is -0.423. The molecule has 1 aromatic heterocycles. The lowest BCUT2D eigenvalue weighted by Gasteiger charge is -2.26. The van der Waals surface area contributed by atoms with E-state index in [2.05, 4.69) is 5.32 Å². The molecule has 1 fully saturated rings. The van der Waals surface area contributed by atoms with Gasteiger partial charge in [0.25, 0.3) is 5.91 Å². The summed E-state index contributed by atoms with van der Waals surface area (Å²) in [5.41, 5.74) is 0. The number of rotatable bonds is 4. The second kappa shape index (κ2) is 6.19. The van der Waals surface area contributed by atoms with E-state index in [1.807, 2.05) is 30.2 Å². The van der Waals surface area contributed by atoms with Crippen LogP contribution in [0.5, 0.6) is 0 Å². The molecule has 1 aliphatic heterocycles. The monoisotopic (exact) mass is 280 g/mol. The molecule has 104 valence electrons. The minimum absolute atomic E-state index is 0.0532. The van der Waals surface area contributed by atoms with Crippen molar-refractivity contribution in [3.8, 4) is 0 Å². The summed E-state index contributed by atoms with van der Waals surface area (Å²) < 4.78 is 0. The van der Waals surface area contributed by atoms with Crippen LogP contribution in [0.3, 0.4) is 0 Å². The molecule has 0 saturated carbocycles. The lowest BCUT2D eigenvalue weighted by atomic mass is 10.0. The fraction of sp³-hybridized carbons (Fsp3) is 0.571. The van der Waals surface area contributed by atoms with E-state index in [-0.39, 0.29) is 17.7 Å². The molecule has 0 aliphatic carbocycles. The summed E-state index contributed by atoms with van der Waals surface area (Å²) in [6.45, 7) is 5.56. The molecule has 1 aliphatic rings. The molecule has 2 heterocycles. The third-order valence-corrected chi connectivity index (χ3v) is 4.25. The van der Waals surface area contributed by atoms with Crippen LogP contribution >= 0.6 is 11.3 Å². The Morgan fingerprint density at radius 3 is 2.53 bits per heavy atom. The molecule has 1 aromatic rings. The van der Waals surface area contributed by atoms with Gasteiger partial charge >= 0.3 is 0 Å². The number of likely N-dealkylation sites (tertiary alicyclic amines) is 1. The molecule has 0 unspecified atom stereocenters. The normalized spacial score (nSPS) is 16.7. The Balaban J connectivity index is 2.03. The van der Waals surface area contributed by atoms with Crippen molar-refractivity contribution in [2.24, 2.45) is 5.92 Å². The summed E-state index contributed by atoms with van der Waals surface area (Å²) in [4.78, 5) is 27.0. The van der Waals surface area contributed by atoms with Gasteiger partial charge in [-0.05, 0) is 30.2 Å². The predicted molar refractivity (Wildman–Crippen MR) is 76.2 cm³/mol. The number of hydrogen-bond donors (Lipinski definition) is 1. The maximum Gasteiger partial charge on any atom is 0.262 e. The van der Waals surface area contributed by atoms with Crippen molar-refractivity contribution in [2.75, 3.05) is 13.1 Å². The van der Waals surface area contributed by atoms with Crippen LogP contribution in [0, 0.1) is 5.92 Å². The Morgan fingerprint density at radius 2 is 2.00 bits per heavy atom. The van der Waals surface area contributed by atoms with Crippen LogP contribution in [0.25, 0.3) is 0 Å². The topological polar surface area (TPSA) is 49.4 Å². The van der Waals surface area contributed by atoms with Gasteiger partial charge in [-0.1, -0.05) is 19.9 Å². The minimum Gasteiger partial charge on any atom is -0.341 e. The van der Waals surface area contributed by atoms with Crippen LogP contribution in [0.2, 0.25) is 0 Å². The van der Waals surface area contributed by atoms with E-state index in [0.717, 1.165) is 25.9 Å². The molecule has 0 radical (unpaired) electrons. The molecule has 2 amide bonds. The average Bonchev–Trinajstić information content (AvgIpc) is 3.05. The third-order valence-electron chi connectivity index (χ3n) is 3.38. The van der Waals surface area contributed by atoms with Crippen molar-refractivity contribution < 1.29 is 9.59 Å². The smallest absolute Gasteiger partial charge is 0.262 e. The van der Waals surface area contributed by atoms with Gasteiger partial charge in [0.05, 0.1) is 4.88 Å². The lowest BCUT2D eigenvalue weighted by molar-refractivity contribution is -0.133. The Labute approximate surface area is 117 Å². The van der Waals surface area contributed by atoms with Gasteiger partial charge < -0.3 is 10.2 Å². The van der Waals surface area contributed by atoms with Crippen LogP contribution < -0.4 is 5.32 Å². The van der Waals surface area contributed by atoms with Crippen LogP contribution in [-0.2, 0) is 4.79 Å². The van der Waals surface area contributed by atoms with Crippen LogP contribution in [-0.4, -0.2) is 35.8 Å². The van der Waals surface area contributed by atoms with Gasteiger partial charge in [-0.3, -0.25) is 9.59 Å². The average molecular weight is 280 g/mol. The molecule has 4 nitrogen and oxygen atoms in total. The molecule has 1 N–H and O–H groups in total. The second-order valence-electron chi connectivity index (χ2n) is 5.20. The fourth-order valence-corrected chi connectivity index (χ4v) is 2.89. The highest BCUT2D eigenvalue weighted by atomic mass is 32.1. The number of nitrogens with zero attached hydrogens (tertiary/aromatic N) is 1. The van der Waals surface area contributed by atoms with Crippen molar-refractivity contribution in [1.82, 2.24) is 10.2 Å². The van der Waals surface area contributed by atoms with Crippen LogP contribution in [0.15, 0.2) is 17.5 Å². The van der Waals surface area contributed by atoms with Crippen molar-refractivity contribution in [1.29, 1.82) is 0 Å². The van der Waals surface area contributed by atoms with Gasteiger partial charge in [0.2, 0.25) is 5.91 Å². The third kappa shape index (κ3) is 3.35. The summed E-state index contributed by atoms with van der Waals surface area (Å²) in [6, 6.07) is 3.19. The number of thiophene rings is 1. The fourth-order valence-electron chi connectivity index (χ4n) is 2.27. The molecule has 0 aromatic carbocycles.